The van der Waals surface area contributed by atoms with Gasteiger partial charge in [-0.2, -0.15) is 0 Å². The molecule has 0 saturated carbocycles. The summed E-state index contributed by atoms with van der Waals surface area (Å²) >= 11 is 0. The van der Waals surface area contributed by atoms with Gasteiger partial charge in [0.1, 0.15) is 5.69 Å². The van der Waals surface area contributed by atoms with Gasteiger partial charge in [-0.25, -0.2) is 10.5 Å². The van der Waals surface area contributed by atoms with Crippen molar-refractivity contribution in [2.24, 2.45) is 0 Å². The number of benzene rings is 2. The van der Waals surface area contributed by atoms with Crippen LogP contribution in [0.4, 0.5) is 0 Å². The Balaban J connectivity index is 1.74. The number of amides is 1. The molecular formula is C23H15N3O2. The van der Waals surface area contributed by atoms with Crippen LogP contribution in [-0.2, 0) is 0 Å². The van der Waals surface area contributed by atoms with Gasteiger partial charge in [-0.05, 0) is 47.5 Å². The van der Waals surface area contributed by atoms with Gasteiger partial charge in [0.2, 0.25) is 0 Å². The van der Waals surface area contributed by atoms with Crippen molar-refractivity contribution in [1.29, 1.82) is 0 Å². The minimum atomic E-state index is -0.647. The van der Waals surface area contributed by atoms with Gasteiger partial charge in [0, 0.05) is 28.9 Å². The Morgan fingerprint density at radius 1 is 0.929 bits per heavy atom. The molecule has 28 heavy (non-hydrogen) atoms. The van der Waals surface area contributed by atoms with E-state index >= 15 is 0 Å². The first-order chi connectivity index (χ1) is 13.7. The third kappa shape index (κ3) is 3.58. The molecule has 0 spiro atoms. The first kappa shape index (κ1) is 17.4. The summed E-state index contributed by atoms with van der Waals surface area (Å²) < 4.78 is 0. The van der Waals surface area contributed by atoms with Crippen LogP contribution in [0.2, 0.25) is 0 Å². The molecule has 0 unspecified atom stereocenters. The molecule has 0 aliphatic rings. The van der Waals surface area contributed by atoms with Crippen LogP contribution < -0.4 is 5.48 Å². The number of pyridine rings is 2. The highest BCUT2D eigenvalue weighted by Crippen LogP contribution is 2.29. The minimum absolute atomic E-state index is 0.150. The van der Waals surface area contributed by atoms with Gasteiger partial charge in [0.15, 0.2) is 0 Å². The summed E-state index contributed by atoms with van der Waals surface area (Å²) in [6, 6.07) is 20.8. The number of hydroxylamine groups is 1. The number of nitrogens with zero attached hydrogens (tertiary/aromatic N) is 2. The number of hydrogen-bond donors (Lipinski definition) is 2. The third-order valence-electron chi connectivity index (χ3n) is 4.26. The first-order valence-corrected chi connectivity index (χ1v) is 8.61. The zero-order chi connectivity index (χ0) is 19.3. The van der Waals surface area contributed by atoms with Crippen molar-refractivity contribution < 1.29 is 10.0 Å². The Labute approximate surface area is 161 Å². The summed E-state index contributed by atoms with van der Waals surface area (Å²) in [6.45, 7) is 0. The van der Waals surface area contributed by atoms with Gasteiger partial charge in [-0.3, -0.25) is 15.0 Å². The molecule has 0 saturated heterocycles. The maximum Gasteiger partial charge on any atom is 0.293 e. The second kappa shape index (κ2) is 7.70. The zero-order valence-corrected chi connectivity index (χ0v) is 14.8. The molecule has 0 bridgehead atoms. The number of nitrogens with one attached hydrogen (secondary N) is 1. The summed E-state index contributed by atoms with van der Waals surface area (Å²) in [4.78, 5) is 20.2. The number of aromatic nitrogens is 2. The van der Waals surface area contributed by atoms with Crippen LogP contribution in [0, 0.1) is 11.8 Å². The van der Waals surface area contributed by atoms with E-state index in [1.807, 2.05) is 60.7 Å². The van der Waals surface area contributed by atoms with E-state index in [1.54, 1.807) is 23.9 Å². The fourth-order valence-electron chi connectivity index (χ4n) is 2.90. The molecule has 0 atom stereocenters. The second-order valence-corrected chi connectivity index (χ2v) is 6.08. The van der Waals surface area contributed by atoms with Crippen molar-refractivity contribution in [1.82, 2.24) is 15.4 Å². The number of carbonyl (C=O) groups excluding carboxylic acids is 1. The second-order valence-electron chi connectivity index (χ2n) is 6.08. The predicted octanol–water partition coefficient (Wildman–Crippen LogP) is 3.82. The average molecular weight is 365 g/mol. The topological polar surface area (TPSA) is 75.1 Å². The van der Waals surface area contributed by atoms with Gasteiger partial charge in [0.25, 0.3) is 5.91 Å². The van der Waals surface area contributed by atoms with Crippen molar-refractivity contribution in [3.63, 3.8) is 0 Å². The monoisotopic (exact) mass is 365 g/mol. The molecule has 134 valence electrons. The highest BCUT2D eigenvalue weighted by Gasteiger charge is 2.12. The van der Waals surface area contributed by atoms with Crippen LogP contribution in [0.5, 0.6) is 0 Å². The molecule has 1 amide bonds. The van der Waals surface area contributed by atoms with E-state index in [0.717, 1.165) is 27.6 Å². The summed E-state index contributed by atoms with van der Waals surface area (Å²) in [5.41, 5.74) is 5.98. The fourth-order valence-corrected chi connectivity index (χ4v) is 2.90. The van der Waals surface area contributed by atoms with Crippen LogP contribution in [-0.4, -0.2) is 21.1 Å². The van der Waals surface area contributed by atoms with Gasteiger partial charge >= 0.3 is 0 Å². The summed E-state index contributed by atoms with van der Waals surface area (Å²) in [5, 5.41) is 9.87. The maximum atomic E-state index is 11.9. The molecule has 5 nitrogen and oxygen atoms in total. The Bertz CT molecular complexity index is 1210. The normalized spacial score (nSPS) is 10.2. The van der Waals surface area contributed by atoms with Crippen molar-refractivity contribution >= 4 is 16.8 Å². The van der Waals surface area contributed by atoms with E-state index in [-0.39, 0.29) is 5.69 Å². The lowest BCUT2D eigenvalue weighted by molar-refractivity contribution is 0.0701. The predicted molar refractivity (Wildman–Crippen MR) is 107 cm³/mol. The Kier molecular flexibility index (Phi) is 4.79. The SMILES string of the molecule is O=C(NO)c1cc(-c2ccc(C#Cc3cccnc3)cc2)c2ccccc2n1. The molecule has 0 aliphatic carbocycles. The molecule has 2 aromatic heterocycles. The molecule has 4 rings (SSSR count). The average Bonchev–Trinajstić information content (AvgIpc) is 2.77. The summed E-state index contributed by atoms with van der Waals surface area (Å²) in [5.74, 6) is 5.55. The van der Waals surface area contributed by atoms with E-state index in [4.69, 9.17) is 5.21 Å². The van der Waals surface area contributed by atoms with E-state index in [1.165, 1.54) is 0 Å². The van der Waals surface area contributed by atoms with E-state index in [0.29, 0.717) is 5.52 Å². The number of rotatable bonds is 2. The lowest BCUT2D eigenvalue weighted by Gasteiger charge is -2.09. The van der Waals surface area contributed by atoms with Gasteiger partial charge in [0.05, 0.1) is 5.52 Å². The minimum Gasteiger partial charge on any atom is -0.288 e. The fraction of sp³-hybridized carbons (Fsp3) is 0. The Morgan fingerprint density at radius 2 is 1.71 bits per heavy atom. The molecule has 2 N–H and O–H groups in total. The Hall–Kier alpha value is -4.01. The first-order valence-electron chi connectivity index (χ1n) is 8.61. The van der Waals surface area contributed by atoms with Crippen molar-refractivity contribution in [3.05, 3.63) is 95.9 Å². The van der Waals surface area contributed by atoms with Gasteiger partial charge < -0.3 is 0 Å². The molecule has 0 aliphatic heterocycles. The highest BCUT2D eigenvalue weighted by molar-refractivity contribution is 6.00. The molecule has 2 aromatic carbocycles. The van der Waals surface area contributed by atoms with Gasteiger partial charge in [-0.15, -0.1) is 0 Å². The van der Waals surface area contributed by atoms with Crippen LogP contribution >= 0.6 is 0 Å². The molecule has 5 heteroatoms. The zero-order valence-electron chi connectivity index (χ0n) is 14.8. The molecule has 2 heterocycles. The number of carbonyl (C=O) groups is 1. The quantitative estimate of drug-likeness (QED) is 0.322. The van der Waals surface area contributed by atoms with Crippen molar-refractivity contribution in [2.45, 2.75) is 0 Å². The summed E-state index contributed by atoms with van der Waals surface area (Å²) in [7, 11) is 0. The van der Waals surface area contributed by atoms with Crippen LogP contribution in [0.25, 0.3) is 22.0 Å². The molecule has 4 aromatic rings. The van der Waals surface area contributed by atoms with Gasteiger partial charge in [-0.1, -0.05) is 42.2 Å². The largest absolute Gasteiger partial charge is 0.293 e. The number of para-hydroxylation sites is 1. The van der Waals surface area contributed by atoms with E-state index in [9.17, 15) is 4.79 Å². The molecular weight excluding hydrogens is 350 g/mol. The van der Waals surface area contributed by atoms with Crippen LogP contribution in [0.15, 0.2) is 79.1 Å². The van der Waals surface area contributed by atoms with Crippen LogP contribution in [0.3, 0.4) is 0 Å². The number of hydrogen-bond acceptors (Lipinski definition) is 4. The molecule has 0 fully saturated rings. The van der Waals surface area contributed by atoms with Crippen molar-refractivity contribution in [3.8, 4) is 23.0 Å². The van der Waals surface area contributed by atoms with E-state index < -0.39 is 5.91 Å². The van der Waals surface area contributed by atoms with E-state index in [2.05, 4.69) is 21.8 Å². The standard InChI is InChI=1S/C23H15N3O2/c27-23(26-28)22-14-20(19-5-1-2-6-21(19)25-22)18-11-9-16(10-12-18)7-8-17-4-3-13-24-15-17/h1-6,9-15,28H,(H,26,27). The summed E-state index contributed by atoms with van der Waals surface area (Å²) in [6.07, 6.45) is 3.43. The molecule has 0 radical (unpaired) electrons. The van der Waals surface area contributed by atoms with Crippen LogP contribution in [0.1, 0.15) is 21.6 Å². The maximum absolute atomic E-state index is 11.9. The Morgan fingerprint density at radius 3 is 2.46 bits per heavy atom. The smallest absolute Gasteiger partial charge is 0.288 e. The lowest BCUT2D eigenvalue weighted by Crippen LogP contribution is -2.20. The number of fused-ring (bicyclic) bond motifs is 1. The lowest BCUT2D eigenvalue weighted by atomic mass is 9.99. The van der Waals surface area contributed by atoms with Crippen molar-refractivity contribution in [2.75, 3.05) is 0 Å². The highest BCUT2D eigenvalue weighted by atomic mass is 16.5. The third-order valence-corrected chi connectivity index (χ3v) is 4.26.